The first-order valence-corrected chi connectivity index (χ1v) is 14.2. The molecule has 1 unspecified atom stereocenters. The summed E-state index contributed by atoms with van der Waals surface area (Å²) in [6.07, 6.45) is 3.82. The monoisotopic (exact) mass is 551 g/mol. The standard InChI is InChI=1S/C33H37N5O3/c1-38(2)30-27-15-9-10-16-28(27)36-33(37-30)35-26-19-17-23(18-20-26)21-34-31(39)29(25-13-7-4-8-14-25)32(40)41-22-24-11-5-3-6-12-24/h3-16,23,26,29H,17-22H2,1-2H3,(H,34,39)(H,35,36,37). The molecule has 41 heavy (non-hydrogen) atoms. The van der Waals surface area contributed by atoms with Crippen LogP contribution in [0.3, 0.4) is 0 Å². The lowest BCUT2D eigenvalue weighted by atomic mass is 9.86. The van der Waals surface area contributed by atoms with E-state index in [4.69, 9.17) is 14.7 Å². The van der Waals surface area contributed by atoms with E-state index in [1.807, 2.05) is 91.8 Å². The Balaban J connectivity index is 1.15. The predicted molar refractivity (Wildman–Crippen MR) is 162 cm³/mol. The number of fused-ring (bicyclic) bond motifs is 1. The molecule has 5 rings (SSSR count). The molecule has 1 aliphatic rings. The molecular formula is C33H37N5O3. The molecule has 0 spiro atoms. The summed E-state index contributed by atoms with van der Waals surface area (Å²) in [6, 6.07) is 26.9. The molecule has 1 aromatic heterocycles. The van der Waals surface area contributed by atoms with Crippen molar-refractivity contribution in [3.05, 3.63) is 96.1 Å². The molecule has 212 valence electrons. The van der Waals surface area contributed by atoms with E-state index in [1.165, 1.54) is 0 Å². The summed E-state index contributed by atoms with van der Waals surface area (Å²) in [5.41, 5.74) is 2.43. The van der Waals surface area contributed by atoms with Gasteiger partial charge in [-0.2, -0.15) is 4.98 Å². The summed E-state index contributed by atoms with van der Waals surface area (Å²) in [7, 11) is 3.98. The number of nitrogens with one attached hydrogen (secondary N) is 2. The van der Waals surface area contributed by atoms with Gasteiger partial charge < -0.3 is 20.3 Å². The smallest absolute Gasteiger partial charge is 0.323 e. The summed E-state index contributed by atoms with van der Waals surface area (Å²) < 4.78 is 5.56. The van der Waals surface area contributed by atoms with Crippen LogP contribution in [0.4, 0.5) is 11.8 Å². The number of carbonyl (C=O) groups excluding carboxylic acids is 2. The number of hydrogen-bond acceptors (Lipinski definition) is 7. The number of esters is 1. The maximum absolute atomic E-state index is 13.3. The Hall–Kier alpha value is -4.46. The van der Waals surface area contributed by atoms with Crippen molar-refractivity contribution in [1.82, 2.24) is 15.3 Å². The summed E-state index contributed by atoms with van der Waals surface area (Å²) in [5, 5.41) is 7.61. The summed E-state index contributed by atoms with van der Waals surface area (Å²) >= 11 is 0. The highest BCUT2D eigenvalue weighted by Crippen LogP contribution is 2.28. The van der Waals surface area contributed by atoms with E-state index in [0.29, 0.717) is 24.0 Å². The van der Waals surface area contributed by atoms with Gasteiger partial charge in [-0.25, -0.2) is 4.98 Å². The van der Waals surface area contributed by atoms with E-state index in [0.717, 1.165) is 48.0 Å². The van der Waals surface area contributed by atoms with E-state index < -0.39 is 11.9 Å². The fourth-order valence-electron chi connectivity index (χ4n) is 5.36. The molecule has 1 atom stereocenters. The van der Waals surface area contributed by atoms with Gasteiger partial charge >= 0.3 is 5.97 Å². The number of anilines is 2. The molecule has 0 radical (unpaired) electrons. The van der Waals surface area contributed by atoms with Gasteiger partial charge in [-0.1, -0.05) is 72.8 Å². The van der Waals surface area contributed by atoms with Crippen LogP contribution in [0.1, 0.15) is 42.7 Å². The van der Waals surface area contributed by atoms with E-state index in [-0.39, 0.29) is 18.6 Å². The number of ether oxygens (including phenoxy) is 1. The average molecular weight is 552 g/mol. The molecule has 8 nitrogen and oxygen atoms in total. The molecule has 1 heterocycles. The van der Waals surface area contributed by atoms with Crippen LogP contribution in [0.25, 0.3) is 10.9 Å². The van der Waals surface area contributed by atoms with Crippen LogP contribution in [-0.2, 0) is 20.9 Å². The first-order valence-electron chi connectivity index (χ1n) is 14.2. The Bertz CT molecular complexity index is 1450. The highest BCUT2D eigenvalue weighted by Gasteiger charge is 2.31. The minimum atomic E-state index is -1.01. The van der Waals surface area contributed by atoms with Gasteiger partial charge in [0.1, 0.15) is 12.4 Å². The van der Waals surface area contributed by atoms with Gasteiger partial charge in [0.2, 0.25) is 11.9 Å². The van der Waals surface area contributed by atoms with Gasteiger partial charge in [-0.05, 0) is 54.9 Å². The fourth-order valence-corrected chi connectivity index (χ4v) is 5.36. The van der Waals surface area contributed by atoms with Crippen LogP contribution in [0.2, 0.25) is 0 Å². The third kappa shape index (κ3) is 7.20. The van der Waals surface area contributed by atoms with Crippen molar-refractivity contribution in [2.24, 2.45) is 5.92 Å². The van der Waals surface area contributed by atoms with Crippen molar-refractivity contribution in [2.45, 2.75) is 44.2 Å². The topological polar surface area (TPSA) is 96.5 Å². The number of aromatic nitrogens is 2. The van der Waals surface area contributed by atoms with E-state index in [2.05, 4.69) is 10.6 Å². The zero-order valence-electron chi connectivity index (χ0n) is 23.6. The van der Waals surface area contributed by atoms with Crippen LogP contribution in [0.5, 0.6) is 0 Å². The van der Waals surface area contributed by atoms with Crippen molar-refractivity contribution in [3.8, 4) is 0 Å². The molecule has 1 fully saturated rings. The SMILES string of the molecule is CN(C)c1nc(NC2CCC(CNC(=O)C(C(=O)OCc3ccccc3)c3ccccc3)CC2)nc2ccccc12. The third-order valence-electron chi connectivity index (χ3n) is 7.61. The Morgan fingerprint density at radius 2 is 1.54 bits per heavy atom. The first kappa shape index (κ1) is 28.1. The normalized spacial score (nSPS) is 17.4. The lowest BCUT2D eigenvalue weighted by Crippen LogP contribution is -2.39. The molecule has 8 heteroatoms. The molecule has 1 aliphatic carbocycles. The van der Waals surface area contributed by atoms with E-state index in [1.54, 1.807) is 12.1 Å². The second-order valence-corrected chi connectivity index (χ2v) is 10.8. The van der Waals surface area contributed by atoms with E-state index in [9.17, 15) is 9.59 Å². The number of amides is 1. The van der Waals surface area contributed by atoms with Gasteiger partial charge in [0.05, 0.1) is 5.52 Å². The minimum absolute atomic E-state index is 0.129. The molecule has 0 bridgehead atoms. The maximum Gasteiger partial charge on any atom is 0.323 e. The minimum Gasteiger partial charge on any atom is -0.460 e. The van der Waals surface area contributed by atoms with Gasteiger partial charge in [-0.3, -0.25) is 9.59 Å². The summed E-state index contributed by atoms with van der Waals surface area (Å²) in [6.45, 7) is 0.655. The van der Waals surface area contributed by atoms with Crippen molar-refractivity contribution in [3.63, 3.8) is 0 Å². The fraction of sp³-hybridized carbons (Fsp3) is 0.333. The van der Waals surface area contributed by atoms with Crippen LogP contribution >= 0.6 is 0 Å². The van der Waals surface area contributed by atoms with E-state index >= 15 is 0 Å². The maximum atomic E-state index is 13.3. The van der Waals surface area contributed by atoms with Gasteiger partial charge in [0.15, 0.2) is 5.92 Å². The second kappa shape index (κ2) is 13.3. The Morgan fingerprint density at radius 1 is 0.878 bits per heavy atom. The van der Waals surface area contributed by atoms with Crippen LogP contribution in [0, 0.1) is 5.92 Å². The van der Waals surface area contributed by atoms with Crippen molar-refractivity contribution >= 4 is 34.5 Å². The number of carbonyl (C=O) groups is 2. The largest absolute Gasteiger partial charge is 0.460 e. The Labute approximate surface area is 241 Å². The molecule has 4 aromatic rings. The molecule has 0 aliphatic heterocycles. The van der Waals surface area contributed by atoms with Crippen LogP contribution < -0.4 is 15.5 Å². The van der Waals surface area contributed by atoms with Crippen LogP contribution in [0.15, 0.2) is 84.9 Å². The number of hydrogen-bond donors (Lipinski definition) is 2. The molecule has 1 amide bonds. The lowest BCUT2D eigenvalue weighted by Gasteiger charge is -2.30. The average Bonchev–Trinajstić information content (AvgIpc) is 3.00. The zero-order chi connectivity index (χ0) is 28.6. The summed E-state index contributed by atoms with van der Waals surface area (Å²) in [5.74, 6) is -0.000605. The molecular weight excluding hydrogens is 514 g/mol. The second-order valence-electron chi connectivity index (χ2n) is 10.8. The number of benzene rings is 3. The van der Waals surface area contributed by atoms with Crippen molar-refractivity contribution in [2.75, 3.05) is 30.9 Å². The highest BCUT2D eigenvalue weighted by atomic mass is 16.5. The highest BCUT2D eigenvalue weighted by molar-refractivity contribution is 6.03. The van der Waals surface area contributed by atoms with Gasteiger partial charge in [-0.15, -0.1) is 0 Å². The molecule has 1 saturated carbocycles. The van der Waals surface area contributed by atoms with Crippen molar-refractivity contribution in [1.29, 1.82) is 0 Å². The van der Waals surface area contributed by atoms with Gasteiger partial charge in [0.25, 0.3) is 0 Å². The quantitative estimate of drug-likeness (QED) is 0.204. The Morgan fingerprint density at radius 3 is 2.24 bits per heavy atom. The molecule has 2 N–H and O–H groups in total. The number of nitrogens with zero attached hydrogens (tertiary/aromatic N) is 3. The Kier molecular flexibility index (Phi) is 9.08. The van der Waals surface area contributed by atoms with Gasteiger partial charge in [0, 0.05) is 32.1 Å². The molecule has 0 saturated heterocycles. The first-order chi connectivity index (χ1) is 20.0. The zero-order valence-corrected chi connectivity index (χ0v) is 23.6. The van der Waals surface area contributed by atoms with Crippen LogP contribution in [-0.4, -0.2) is 48.5 Å². The van der Waals surface area contributed by atoms with Crippen molar-refractivity contribution < 1.29 is 14.3 Å². The number of para-hydroxylation sites is 1. The summed E-state index contributed by atoms with van der Waals surface area (Å²) in [4.78, 5) is 37.9. The third-order valence-corrected chi connectivity index (χ3v) is 7.61. The lowest BCUT2D eigenvalue weighted by molar-refractivity contribution is -0.150. The molecule has 3 aromatic carbocycles. The predicted octanol–water partition coefficient (Wildman–Crippen LogP) is 5.31. The number of rotatable bonds is 10.